The Kier molecular flexibility index (Phi) is 4.98. The van der Waals surface area contributed by atoms with Crippen molar-refractivity contribution in [2.75, 3.05) is 23.9 Å². The standard InChI is InChI=1S/C20H27NO2S2/c1-13-6-7-18(23-2)17(10-13)21-19(22)14-11-15-4-3-5-16(12-14)20(15)24-8-9-25-20/h6-7,10,14-16H,3-5,8-9,11-12H2,1-2H3,(H,21,22). The lowest BCUT2D eigenvalue weighted by molar-refractivity contribution is -0.122. The number of anilines is 1. The Morgan fingerprint density at radius 1 is 1.20 bits per heavy atom. The molecule has 2 aliphatic carbocycles. The van der Waals surface area contributed by atoms with Crippen LogP contribution in [0.25, 0.3) is 0 Å². The number of carbonyl (C=O) groups excluding carboxylic acids is 1. The average Bonchev–Trinajstić information content (AvgIpc) is 3.04. The molecule has 2 atom stereocenters. The monoisotopic (exact) mass is 377 g/mol. The Morgan fingerprint density at radius 3 is 2.52 bits per heavy atom. The van der Waals surface area contributed by atoms with Crippen LogP contribution in [0.1, 0.15) is 37.7 Å². The summed E-state index contributed by atoms with van der Waals surface area (Å²) in [6.07, 6.45) is 6.05. The van der Waals surface area contributed by atoms with Crippen molar-refractivity contribution in [2.24, 2.45) is 17.8 Å². The van der Waals surface area contributed by atoms with Gasteiger partial charge in [-0.3, -0.25) is 4.79 Å². The molecule has 2 bridgehead atoms. The predicted molar refractivity (Wildman–Crippen MR) is 108 cm³/mol. The van der Waals surface area contributed by atoms with Crippen LogP contribution in [0.2, 0.25) is 0 Å². The molecule has 1 spiro atoms. The van der Waals surface area contributed by atoms with Crippen LogP contribution in [-0.2, 0) is 4.79 Å². The first-order chi connectivity index (χ1) is 12.1. The Morgan fingerprint density at radius 2 is 1.88 bits per heavy atom. The molecule has 136 valence electrons. The summed E-state index contributed by atoms with van der Waals surface area (Å²) in [4.78, 5) is 13.0. The van der Waals surface area contributed by atoms with Crippen molar-refractivity contribution in [1.29, 1.82) is 0 Å². The first-order valence-corrected chi connectivity index (χ1v) is 11.3. The molecule has 1 heterocycles. The van der Waals surface area contributed by atoms with Crippen molar-refractivity contribution in [3.8, 4) is 5.75 Å². The largest absolute Gasteiger partial charge is 0.495 e. The Hall–Kier alpha value is -0.810. The van der Waals surface area contributed by atoms with Gasteiger partial charge in [0, 0.05) is 17.4 Å². The molecular formula is C20H27NO2S2. The van der Waals surface area contributed by atoms with Crippen molar-refractivity contribution >= 4 is 35.1 Å². The summed E-state index contributed by atoms with van der Waals surface area (Å²) in [5, 5.41) is 3.16. The number of hydrogen-bond donors (Lipinski definition) is 1. The number of methoxy groups -OCH3 is 1. The number of thioether (sulfide) groups is 2. The zero-order chi connectivity index (χ0) is 17.4. The van der Waals surface area contributed by atoms with E-state index in [0.29, 0.717) is 15.9 Å². The van der Waals surface area contributed by atoms with Crippen LogP contribution in [-0.4, -0.2) is 28.6 Å². The van der Waals surface area contributed by atoms with Gasteiger partial charge in [0.05, 0.1) is 16.9 Å². The molecule has 1 saturated heterocycles. The van der Waals surface area contributed by atoms with Gasteiger partial charge in [0.1, 0.15) is 5.75 Å². The van der Waals surface area contributed by atoms with Gasteiger partial charge in [0.2, 0.25) is 5.91 Å². The van der Waals surface area contributed by atoms with Crippen LogP contribution in [0.15, 0.2) is 18.2 Å². The van der Waals surface area contributed by atoms with E-state index in [0.717, 1.165) is 29.8 Å². The smallest absolute Gasteiger partial charge is 0.227 e. The fourth-order valence-corrected chi connectivity index (χ4v) is 8.91. The van der Waals surface area contributed by atoms with Gasteiger partial charge in [-0.05, 0) is 62.1 Å². The van der Waals surface area contributed by atoms with Crippen LogP contribution >= 0.6 is 23.5 Å². The lowest BCUT2D eigenvalue weighted by Crippen LogP contribution is -2.48. The second-order valence-corrected chi connectivity index (χ2v) is 10.6. The van der Waals surface area contributed by atoms with Crippen molar-refractivity contribution in [2.45, 2.75) is 43.1 Å². The average molecular weight is 378 g/mol. The maximum absolute atomic E-state index is 13.0. The summed E-state index contributed by atoms with van der Waals surface area (Å²) in [5.41, 5.74) is 1.94. The highest BCUT2D eigenvalue weighted by Crippen LogP contribution is 2.64. The summed E-state index contributed by atoms with van der Waals surface area (Å²) in [6.45, 7) is 2.04. The van der Waals surface area contributed by atoms with E-state index in [9.17, 15) is 4.79 Å². The molecule has 1 amide bonds. The second-order valence-electron chi connectivity index (χ2n) is 7.60. The normalized spacial score (nSPS) is 30.2. The molecule has 1 aromatic rings. The number of nitrogens with one attached hydrogen (secondary N) is 1. The molecular weight excluding hydrogens is 350 g/mol. The Bertz CT molecular complexity index is 641. The van der Waals surface area contributed by atoms with E-state index in [2.05, 4.69) is 28.8 Å². The fourth-order valence-electron chi connectivity index (χ4n) is 4.98. The van der Waals surface area contributed by atoms with Crippen molar-refractivity contribution in [3.05, 3.63) is 23.8 Å². The van der Waals surface area contributed by atoms with Gasteiger partial charge in [-0.15, -0.1) is 23.5 Å². The number of amides is 1. The third kappa shape index (κ3) is 3.18. The zero-order valence-electron chi connectivity index (χ0n) is 15.0. The van der Waals surface area contributed by atoms with E-state index >= 15 is 0 Å². The number of rotatable bonds is 3. The zero-order valence-corrected chi connectivity index (χ0v) is 16.7. The maximum Gasteiger partial charge on any atom is 0.227 e. The van der Waals surface area contributed by atoms with Gasteiger partial charge in [0.25, 0.3) is 0 Å². The Balaban J connectivity index is 1.50. The van der Waals surface area contributed by atoms with E-state index in [1.165, 1.54) is 30.8 Å². The van der Waals surface area contributed by atoms with Gasteiger partial charge in [-0.2, -0.15) is 0 Å². The third-order valence-corrected chi connectivity index (χ3v) is 10.1. The highest BCUT2D eigenvalue weighted by atomic mass is 32.2. The first kappa shape index (κ1) is 17.6. The number of aryl methyl sites for hydroxylation is 1. The van der Waals surface area contributed by atoms with Crippen LogP contribution < -0.4 is 10.1 Å². The van der Waals surface area contributed by atoms with Gasteiger partial charge >= 0.3 is 0 Å². The van der Waals surface area contributed by atoms with Crippen molar-refractivity contribution in [1.82, 2.24) is 0 Å². The quantitative estimate of drug-likeness (QED) is 0.809. The van der Waals surface area contributed by atoms with Gasteiger partial charge in [0.15, 0.2) is 0 Å². The Labute approximate surface area is 159 Å². The van der Waals surface area contributed by atoms with Gasteiger partial charge < -0.3 is 10.1 Å². The second kappa shape index (κ2) is 7.07. The van der Waals surface area contributed by atoms with Crippen LogP contribution in [0.3, 0.4) is 0 Å². The molecule has 1 aromatic carbocycles. The molecule has 3 nitrogen and oxygen atoms in total. The van der Waals surface area contributed by atoms with E-state index in [1.807, 2.05) is 25.1 Å². The van der Waals surface area contributed by atoms with E-state index in [-0.39, 0.29) is 11.8 Å². The molecule has 3 aliphatic rings. The predicted octanol–water partition coefficient (Wildman–Crippen LogP) is 4.94. The topological polar surface area (TPSA) is 38.3 Å². The molecule has 1 aliphatic heterocycles. The first-order valence-electron chi connectivity index (χ1n) is 9.36. The highest BCUT2D eigenvalue weighted by molar-refractivity contribution is 8.21. The molecule has 5 heteroatoms. The number of ether oxygens (including phenoxy) is 1. The third-order valence-electron chi connectivity index (χ3n) is 6.10. The highest BCUT2D eigenvalue weighted by Gasteiger charge is 2.55. The van der Waals surface area contributed by atoms with Crippen molar-refractivity contribution < 1.29 is 9.53 Å². The molecule has 0 radical (unpaired) electrons. The fraction of sp³-hybridized carbons (Fsp3) is 0.650. The molecule has 1 N–H and O–H groups in total. The molecule has 25 heavy (non-hydrogen) atoms. The van der Waals surface area contributed by atoms with Gasteiger partial charge in [-0.25, -0.2) is 0 Å². The lowest BCUT2D eigenvalue weighted by Gasteiger charge is -2.52. The minimum atomic E-state index is 0.146. The summed E-state index contributed by atoms with van der Waals surface area (Å²) in [7, 11) is 1.66. The van der Waals surface area contributed by atoms with E-state index < -0.39 is 0 Å². The summed E-state index contributed by atoms with van der Waals surface area (Å²) in [5.74, 6) is 5.05. The number of carbonyl (C=O) groups is 1. The number of hydrogen-bond acceptors (Lipinski definition) is 4. The van der Waals surface area contributed by atoms with E-state index in [1.54, 1.807) is 7.11 Å². The van der Waals surface area contributed by atoms with E-state index in [4.69, 9.17) is 4.74 Å². The van der Waals surface area contributed by atoms with Crippen molar-refractivity contribution in [3.63, 3.8) is 0 Å². The SMILES string of the molecule is COc1ccc(C)cc1NC(=O)C1CC2CCCC(C1)C21SCCS1. The molecule has 2 saturated carbocycles. The number of benzene rings is 1. The van der Waals surface area contributed by atoms with Gasteiger partial charge in [-0.1, -0.05) is 12.5 Å². The molecule has 3 fully saturated rings. The molecule has 0 aromatic heterocycles. The van der Waals surface area contributed by atoms with Crippen LogP contribution in [0.5, 0.6) is 5.75 Å². The van der Waals surface area contributed by atoms with Crippen LogP contribution in [0.4, 0.5) is 5.69 Å². The lowest BCUT2D eigenvalue weighted by atomic mass is 9.67. The molecule has 2 unspecified atom stereocenters. The summed E-state index contributed by atoms with van der Waals surface area (Å²) >= 11 is 4.39. The van der Waals surface area contributed by atoms with Crippen LogP contribution in [0, 0.1) is 24.7 Å². The maximum atomic E-state index is 13.0. The molecule has 4 rings (SSSR count). The summed E-state index contributed by atoms with van der Waals surface area (Å²) < 4.78 is 5.84. The minimum Gasteiger partial charge on any atom is -0.495 e. The minimum absolute atomic E-state index is 0.146. The summed E-state index contributed by atoms with van der Waals surface area (Å²) in [6, 6.07) is 5.95.